The van der Waals surface area contributed by atoms with Gasteiger partial charge in [0, 0.05) is 0 Å². The zero-order chi connectivity index (χ0) is 17.4. The quantitative estimate of drug-likeness (QED) is 0.676. The van der Waals surface area contributed by atoms with Crippen LogP contribution in [0.2, 0.25) is 0 Å². The Kier molecular flexibility index (Phi) is 3.88. The lowest BCUT2D eigenvalue weighted by molar-refractivity contribution is -0.286. The molecule has 1 aliphatic heterocycles. The molecule has 0 saturated heterocycles. The Hall–Kier alpha value is -2.68. The zero-order valence-electron chi connectivity index (χ0n) is 12.4. The number of halogens is 2. The van der Waals surface area contributed by atoms with Crippen LogP contribution in [-0.2, 0) is 10.0 Å². The Bertz CT molecular complexity index is 896. The molecule has 2 aromatic carbocycles. The summed E-state index contributed by atoms with van der Waals surface area (Å²) in [6, 6.07) is 10.2. The van der Waals surface area contributed by atoms with Crippen LogP contribution in [0.25, 0.3) is 0 Å². The summed E-state index contributed by atoms with van der Waals surface area (Å²) in [5.41, 5.74) is 1.29. The molecule has 3 rings (SSSR count). The molecule has 1 heterocycles. The van der Waals surface area contributed by atoms with Gasteiger partial charge >= 0.3 is 6.29 Å². The van der Waals surface area contributed by atoms with Gasteiger partial charge in [0.25, 0.3) is 10.0 Å². The van der Waals surface area contributed by atoms with Gasteiger partial charge < -0.3 is 9.47 Å². The van der Waals surface area contributed by atoms with Crippen LogP contribution in [-0.4, -0.2) is 20.9 Å². The summed E-state index contributed by atoms with van der Waals surface area (Å²) in [7, 11) is -3.80. The maximum atomic E-state index is 12.9. The van der Waals surface area contributed by atoms with Gasteiger partial charge in [-0.2, -0.15) is 13.5 Å². The third-order valence-corrected chi connectivity index (χ3v) is 4.38. The molecule has 0 spiro atoms. The molecule has 0 saturated carbocycles. The van der Waals surface area contributed by atoms with Crippen molar-refractivity contribution in [3.05, 3.63) is 53.6 Å². The number of nitrogens with one attached hydrogen (secondary N) is 1. The Labute approximate surface area is 136 Å². The Balaban J connectivity index is 1.72. The number of alkyl halides is 2. The van der Waals surface area contributed by atoms with Crippen LogP contribution in [0.4, 0.5) is 8.78 Å². The first-order chi connectivity index (χ1) is 11.3. The molecule has 2 aromatic rings. The van der Waals surface area contributed by atoms with Gasteiger partial charge in [-0.05, 0) is 42.8 Å². The van der Waals surface area contributed by atoms with Crippen molar-refractivity contribution in [2.45, 2.75) is 18.1 Å². The highest BCUT2D eigenvalue weighted by Crippen LogP contribution is 2.40. The first kappa shape index (κ1) is 16.2. The molecule has 9 heteroatoms. The highest BCUT2D eigenvalue weighted by atomic mass is 32.2. The van der Waals surface area contributed by atoms with Crippen molar-refractivity contribution in [1.82, 2.24) is 4.83 Å². The predicted octanol–water partition coefficient (Wildman–Crippen LogP) is 2.63. The van der Waals surface area contributed by atoms with Crippen molar-refractivity contribution in [3.63, 3.8) is 0 Å². The average Bonchev–Trinajstić information content (AvgIpc) is 2.80. The normalized spacial score (nSPS) is 15.6. The van der Waals surface area contributed by atoms with Crippen LogP contribution in [0.1, 0.15) is 11.1 Å². The number of nitrogens with zero attached hydrogens (tertiary/aromatic N) is 1. The highest BCUT2D eigenvalue weighted by molar-refractivity contribution is 7.89. The number of hydrazone groups is 1. The van der Waals surface area contributed by atoms with Crippen LogP contribution in [0.3, 0.4) is 0 Å². The molecule has 0 radical (unpaired) electrons. The van der Waals surface area contributed by atoms with E-state index in [1.54, 1.807) is 12.1 Å². The van der Waals surface area contributed by atoms with Gasteiger partial charge in [0.15, 0.2) is 11.5 Å². The SMILES string of the molecule is Cc1ccc(S(=O)(=O)NN=Cc2ccc3c(c2)OC(F)(F)O3)cc1. The van der Waals surface area contributed by atoms with Crippen LogP contribution < -0.4 is 14.3 Å². The van der Waals surface area contributed by atoms with E-state index >= 15 is 0 Å². The largest absolute Gasteiger partial charge is 0.586 e. The van der Waals surface area contributed by atoms with E-state index in [4.69, 9.17) is 0 Å². The number of sulfonamides is 1. The van der Waals surface area contributed by atoms with E-state index in [0.717, 1.165) is 5.56 Å². The molecule has 126 valence electrons. The van der Waals surface area contributed by atoms with Gasteiger partial charge in [-0.3, -0.25) is 0 Å². The summed E-state index contributed by atoms with van der Waals surface area (Å²) in [6.45, 7) is 1.84. The lowest BCUT2D eigenvalue weighted by Crippen LogP contribution is -2.25. The number of benzene rings is 2. The van der Waals surface area contributed by atoms with Crippen molar-refractivity contribution in [2.24, 2.45) is 5.10 Å². The fraction of sp³-hybridized carbons (Fsp3) is 0.133. The standard InChI is InChI=1S/C15H12F2N2O4S/c1-10-2-5-12(6-3-10)24(20,21)19-18-9-11-4-7-13-14(8-11)23-15(16,17)22-13/h2-9,19H,1H3. The maximum absolute atomic E-state index is 12.9. The van der Waals surface area contributed by atoms with E-state index in [1.165, 1.54) is 36.5 Å². The molecule has 0 unspecified atom stereocenters. The Morgan fingerprint density at radius 3 is 2.46 bits per heavy atom. The summed E-state index contributed by atoms with van der Waals surface area (Å²) in [5, 5.41) is 3.63. The number of ether oxygens (including phenoxy) is 2. The average molecular weight is 354 g/mol. The predicted molar refractivity (Wildman–Crippen MR) is 81.7 cm³/mol. The summed E-state index contributed by atoms with van der Waals surface area (Å²) in [5.74, 6) is -0.247. The third kappa shape index (κ3) is 3.46. The smallest absolute Gasteiger partial charge is 0.395 e. The summed E-state index contributed by atoms with van der Waals surface area (Å²) in [4.78, 5) is 2.11. The Morgan fingerprint density at radius 2 is 1.75 bits per heavy atom. The number of rotatable bonds is 4. The van der Waals surface area contributed by atoms with Crippen molar-refractivity contribution >= 4 is 16.2 Å². The third-order valence-electron chi connectivity index (χ3n) is 3.14. The molecule has 0 bridgehead atoms. The molecule has 1 aliphatic rings. The molecule has 0 aliphatic carbocycles. The van der Waals surface area contributed by atoms with Crippen molar-refractivity contribution in [1.29, 1.82) is 0 Å². The highest BCUT2D eigenvalue weighted by Gasteiger charge is 2.43. The first-order valence-electron chi connectivity index (χ1n) is 6.77. The van der Waals surface area contributed by atoms with Crippen LogP contribution in [0, 0.1) is 6.92 Å². The van der Waals surface area contributed by atoms with Gasteiger partial charge in [0.2, 0.25) is 0 Å². The van der Waals surface area contributed by atoms with E-state index in [0.29, 0.717) is 5.56 Å². The number of fused-ring (bicyclic) bond motifs is 1. The van der Waals surface area contributed by atoms with E-state index in [-0.39, 0.29) is 16.4 Å². The van der Waals surface area contributed by atoms with E-state index < -0.39 is 16.3 Å². The van der Waals surface area contributed by atoms with Gasteiger partial charge in [-0.15, -0.1) is 8.78 Å². The number of hydrogen-bond donors (Lipinski definition) is 1. The van der Waals surface area contributed by atoms with Crippen LogP contribution in [0.15, 0.2) is 52.5 Å². The molecule has 1 N–H and O–H groups in total. The second kappa shape index (κ2) is 5.75. The van der Waals surface area contributed by atoms with Crippen molar-refractivity contribution < 1.29 is 26.7 Å². The zero-order valence-corrected chi connectivity index (χ0v) is 13.2. The molecular weight excluding hydrogens is 342 g/mol. The van der Waals surface area contributed by atoms with Crippen molar-refractivity contribution in [2.75, 3.05) is 0 Å². The maximum Gasteiger partial charge on any atom is 0.586 e. The molecule has 0 aromatic heterocycles. The minimum absolute atomic E-state index is 0.0654. The van der Waals surface area contributed by atoms with E-state index in [9.17, 15) is 17.2 Å². The molecule has 24 heavy (non-hydrogen) atoms. The number of hydrogen-bond acceptors (Lipinski definition) is 5. The monoisotopic (exact) mass is 354 g/mol. The van der Waals surface area contributed by atoms with Gasteiger partial charge in [-0.1, -0.05) is 17.7 Å². The first-order valence-corrected chi connectivity index (χ1v) is 8.25. The van der Waals surface area contributed by atoms with Gasteiger partial charge in [-0.25, -0.2) is 4.83 Å². The lowest BCUT2D eigenvalue weighted by atomic mass is 10.2. The minimum atomic E-state index is -3.80. The minimum Gasteiger partial charge on any atom is -0.395 e. The molecule has 0 fully saturated rings. The second-order valence-corrected chi connectivity index (χ2v) is 6.70. The second-order valence-electron chi connectivity index (χ2n) is 5.04. The van der Waals surface area contributed by atoms with Gasteiger partial charge in [0.1, 0.15) is 0 Å². The molecule has 0 atom stereocenters. The van der Waals surface area contributed by atoms with Crippen LogP contribution >= 0.6 is 0 Å². The fourth-order valence-corrected chi connectivity index (χ4v) is 2.78. The van der Waals surface area contributed by atoms with E-state index in [2.05, 4.69) is 14.6 Å². The van der Waals surface area contributed by atoms with Crippen molar-refractivity contribution in [3.8, 4) is 11.5 Å². The van der Waals surface area contributed by atoms with Gasteiger partial charge in [0.05, 0.1) is 11.1 Å². The van der Waals surface area contributed by atoms with Crippen LogP contribution in [0.5, 0.6) is 11.5 Å². The lowest BCUT2D eigenvalue weighted by Gasteiger charge is -2.04. The molecule has 0 amide bonds. The topological polar surface area (TPSA) is 77.0 Å². The summed E-state index contributed by atoms with van der Waals surface area (Å²) < 4.78 is 58.5. The number of aryl methyl sites for hydroxylation is 1. The van der Waals surface area contributed by atoms with E-state index in [1.807, 2.05) is 11.8 Å². The Morgan fingerprint density at radius 1 is 1.08 bits per heavy atom. The summed E-state index contributed by atoms with van der Waals surface area (Å²) in [6.07, 6.45) is -2.53. The molecule has 6 nitrogen and oxygen atoms in total. The fourth-order valence-electron chi connectivity index (χ4n) is 1.99. The molecular formula is C15H12F2N2O4S. The summed E-state index contributed by atoms with van der Waals surface area (Å²) >= 11 is 0.